The predicted octanol–water partition coefficient (Wildman–Crippen LogP) is 4.05. The first kappa shape index (κ1) is 20.1. The summed E-state index contributed by atoms with van der Waals surface area (Å²) in [5.74, 6) is 1.70. The maximum atomic E-state index is 12.6. The van der Waals surface area contributed by atoms with E-state index in [9.17, 15) is 4.79 Å². The molecule has 2 aromatic carbocycles. The maximum Gasteiger partial charge on any atom is 0.254 e. The van der Waals surface area contributed by atoms with Gasteiger partial charge < -0.3 is 18.8 Å². The highest BCUT2D eigenvalue weighted by molar-refractivity contribution is 5.94. The minimum absolute atomic E-state index is 0.0114. The second kappa shape index (κ2) is 9.54. The Bertz CT molecular complexity index is 961. The summed E-state index contributed by atoms with van der Waals surface area (Å²) in [5.41, 5.74) is 2.24. The minimum atomic E-state index is 0.0114. The molecule has 0 radical (unpaired) electrons. The molecule has 3 aromatic rings. The van der Waals surface area contributed by atoms with E-state index in [0.29, 0.717) is 50.3 Å². The number of morpholine rings is 1. The smallest absolute Gasteiger partial charge is 0.254 e. The fraction of sp³-hybridized carbons (Fsp3) is 0.348. The zero-order valence-corrected chi connectivity index (χ0v) is 17.0. The number of aromatic nitrogens is 2. The van der Waals surface area contributed by atoms with Gasteiger partial charge in [0.2, 0.25) is 11.8 Å². The first-order valence-electron chi connectivity index (χ1n) is 10.3. The van der Waals surface area contributed by atoms with Crippen LogP contribution in [0.25, 0.3) is 22.9 Å². The Labute approximate surface area is 175 Å². The second-order valence-corrected chi connectivity index (χ2v) is 7.12. The van der Waals surface area contributed by atoms with Gasteiger partial charge in [-0.2, -0.15) is 0 Å². The van der Waals surface area contributed by atoms with Gasteiger partial charge in [0.1, 0.15) is 5.75 Å². The van der Waals surface area contributed by atoms with Gasteiger partial charge in [0.15, 0.2) is 0 Å². The van der Waals surface area contributed by atoms with E-state index >= 15 is 0 Å². The van der Waals surface area contributed by atoms with Crippen LogP contribution in [0.1, 0.15) is 30.1 Å². The van der Waals surface area contributed by atoms with Crippen molar-refractivity contribution in [2.75, 3.05) is 32.9 Å². The molecule has 30 heavy (non-hydrogen) atoms. The lowest BCUT2D eigenvalue weighted by Crippen LogP contribution is -2.40. The number of benzene rings is 2. The largest absolute Gasteiger partial charge is 0.494 e. The number of hydrogen-bond acceptors (Lipinski definition) is 6. The average Bonchev–Trinajstić information content (AvgIpc) is 3.30. The molecule has 7 heteroatoms. The first-order valence-corrected chi connectivity index (χ1v) is 10.3. The molecular formula is C23H25N3O4. The molecule has 0 spiro atoms. The van der Waals surface area contributed by atoms with Crippen molar-refractivity contribution in [3.8, 4) is 28.7 Å². The lowest BCUT2D eigenvalue weighted by atomic mass is 10.1. The third-order valence-electron chi connectivity index (χ3n) is 4.97. The van der Waals surface area contributed by atoms with Crippen molar-refractivity contribution in [2.45, 2.75) is 19.8 Å². The fourth-order valence-corrected chi connectivity index (χ4v) is 3.19. The lowest BCUT2D eigenvalue weighted by molar-refractivity contribution is 0.0303. The summed E-state index contributed by atoms with van der Waals surface area (Å²) in [5, 5.41) is 8.30. The molecule has 0 aliphatic carbocycles. The number of nitrogens with zero attached hydrogens (tertiary/aromatic N) is 3. The average molecular weight is 407 g/mol. The molecule has 1 saturated heterocycles. The summed E-state index contributed by atoms with van der Waals surface area (Å²) in [6, 6.07) is 14.9. The number of carbonyl (C=O) groups is 1. The zero-order chi connectivity index (χ0) is 20.8. The monoisotopic (exact) mass is 407 g/mol. The lowest BCUT2D eigenvalue weighted by Gasteiger charge is -2.26. The molecule has 156 valence electrons. The molecule has 0 unspecified atom stereocenters. The quantitative estimate of drug-likeness (QED) is 0.550. The number of carbonyl (C=O) groups excluding carboxylic acids is 1. The Morgan fingerprint density at radius 3 is 2.17 bits per heavy atom. The van der Waals surface area contributed by atoms with Crippen LogP contribution in [0.2, 0.25) is 0 Å². The second-order valence-electron chi connectivity index (χ2n) is 7.12. The SMILES string of the molecule is CCCCOc1ccc(-c2nnc(-c3ccc(C(=O)N4CCOCC4)cc3)o2)cc1. The zero-order valence-electron chi connectivity index (χ0n) is 17.0. The van der Waals surface area contributed by atoms with Crippen LogP contribution in [0.5, 0.6) is 5.75 Å². The van der Waals surface area contributed by atoms with E-state index < -0.39 is 0 Å². The van der Waals surface area contributed by atoms with Crippen LogP contribution in [-0.4, -0.2) is 53.9 Å². The molecule has 0 bridgehead atoms. The van der Waals surface area contributed by atoms with Gasteiger partial charge in [-0.1, -0.05) is 13.3 Å². The maximum absolute atomic E-state index is 12.6. The molecule has 1 aliphatic rings. The van der Waals surface area contributed by atoms with Crippen molar-refractivity contribution < 1.29 is 18.7 Å². The van der Waals surface area contributed by atoms with Crippen molar-refractivity contribution in [1.29, 1.82) is 0 Å². The first-order chi connectivity index (χ1) is 14.7. The Balaban J connectivity index is 1.42. The van der Waals surface area contributed by atoms with E-state index in [2.05, 4.69) is 17.1 Å². The van der Waals surface area contributed by atoms with Crippen LogP contribution in [0.15, 0.2) is 52.9 Å². The highest BCUT2D eigenvalue weighted by Crippen LogP contribution is 2.26. The number of amides is 1. The third-order valence-corrected chi connectivity index (χ3v) is 4.97. The summed E-state index contributed by atoms with van der Waals surface area (Å²) in [7, 11) is 0. The van der Waals surface area contributed by atoms with Gasteiger partial charge >= 0.3 is 0 Å². The molecule has 1 fully saturated rings. The van der Waals surface area contributed by atoms with Gasteiger partial charge in [0.25, 0.3) is 5.91 Å². The van der Waals surface area contributed by atoms with Gasteiger partial charge in [-0.05, 0) is 55.0 Å². The Kier molecular flexibility index (Phi) is 6.39. The van der Waals surface area contributed by atoms with Crippen LogP contribution >= 0.6 is 0 Å². The Morgan fingerprint density at radius 1 is 0.967 bits per heavy atom. The number of hydrogen-bond donors (Lipinski definition) is 0. The summed E-state index contributed by atoms with van der Waals surface area (Å²) in [4.78, 5) is 14.4. The molecule has 1 aromatic heterocycles. The van der Waals surface area contributed by atoms with E-state index in [0.717, 1.165) is 29.7 Å². The molecular weight excluding hydrogens is 382 g/mol. The van der Waals surface area contributed by atoms with Gasteiger partial charge in [0, 0.05) is 29.8 Å². The highest BCUT2D eigenvalue weighted by Gasteiger charge is 2.19. The van der Waals surface area contributed by atoms with Crippen molar-refractivity contribution in [3.63, 3.8) is 0 Å². The summed E-state index contributed by atoms with van der Waals surface area (Å²) >= 11 is 0. The Hall–Kier alpha value is -3.19. The Morgan fingerprint density at radius 2 is 1.57 bits per heavy atom. The van der Waals surface area contributed by atoms with Gasteiger partial charge in [-0.15, -0.1) is 10.2 Å². The highest BCUT2D eigenvalue weighted by atomic mass is 16.5. The minimum Gasteiger partial charge on any atom is -0.494 e. The van der Waals surface area contributed by atoms with Crippen LogP contribution < -0.4 is 4.74 Å². The summed E-state index contributed by atoms with van der Waals surface area (Å²) in [6.07, 6.45) is 2.14. The van der Waals surface area contributed by atoms with Gasteiger partial charge in [-0.3, -0.25) is 4.79 Å². The molecule has 2 heterocycles. The molecule has 7 nitrogen and oxygen atoms in total. The van der Waals surface area contributed by atoms with Crippen LogP contribution in [-0.2, 0) is 4.74 Å². The fourth-order valence-electron chi connectivity index (χ4n) is 3.19. The predicted molar refractivity (Wildman–Crippen MR) is 112 cm³/mol. The van der Waals surface area contributed by atoms with Crippen LogP contribution in [0.4, 0.5) is 0 Å². The van der Waals surface area contributed by atoms with Crippen molar-refractivity contribution in [3.05, 3.63) is 54.1 Å². The molecule has 1 amide bonds. The normalized spacial score (nSPS) is 14.0. The number of unbranched alkanes of at least 4 members (excludes halogenated alkanes) is 1. The standard InChI is InChI=1S/C23H25N3O4/c1-2-3-14-29-20-10-8-18(9-11-20)22-25-24-21(30-22)17-4-6-19(7-5-17)23(27)26-12-15-28-16-13-26/h4-11H,2-3,12-16H2,1H3. The topological polar surface area (TPSA) is 77.7 Å². The van der Waals surface area contributed by atoms with E-state index in [1.54, 1.807) is 17.0 Å². The van der Waals surface area contributed by atoms with Crippen molar-refractivity contribution in [1.82, 2.24) is 15.1 Å². The van der Waals surface area contributed by atoms with Crippen LogP contribution in [0, 0.1) is 0 Å². The third kappa shape index (κ3) is 4.68. The molecule has 1 aliphatic heterocycles. The van der Waals surface area contributed by atoms with Crippen molar-refractivity contribution >= 4 is 5.91 Å². The van der Waals surface area contributed by atoms with E-state index in [1.165, 1.54) is 0 Å². The number of rotatable bonds is 7. The van der Waals surface area contributed by atoms with Gasteiger partial charge in [-0.25, -0.2) is 0 Å². The van der Waals surface area contributed by atoms with Crippen molar-refractivity contribution in [2.24, 2.45) is 0 Å². The molecule has 0 N–H and O–H groups in total. The molecule has 0 saturated carbocycles. The number of ether oxygens (including phenoxy) is 2. The summed E-state index contributed by atoms with van der Waals surface area (Å²) < 4.78 is 16.8. The summed E-state index contributed by atoms with van der Waals surface area (Å²) in [6.45, 7) is 5.26. The van der Waals surface area contributed by atoms with Crippen LogP contribution in [0.3, 0.4) is 0 Å². The molecule has 0 atom stereocenters. The van der Waals surface area contributed by atoms with E-state index in [4.69, 9.17) is 13.9 Å². The van der Waals surface area contributed by atoms with E-state index in [1.807, 2.05) is 36.4 Å². The van der Waals surface area contributed by atoms with E-state index in [-0.39, 0.29) is 5.91 Å². The molecule has 4 rings (SSSR count). The van der Waals surface area contributed by atoms with Gasteiger partial charge in [0.05, 0.1) is 19.8 Å².